The normalized spacial score (nSPS) is 19.1. The summed E-state index contributed by atoms with van der Waals surface area (Å²) in [6.45, 7) is 7.04. The number of rotatable bonds is 4. The molecule has 0 saturated carbocycles. The highest BCUT2D eigenvalue weighted by atomic mass is 127. The molecule has 0 aromatic heterocycles. The van der Waals surface area contributed by atoms with Crippen molar-refractivity contribution in [3.05, 3.63) is 0 Å². The fraction of sp³-hybridized carbons (Fsp3) is 0.909. The highest BCUT2D eigenvalue weighted by Gasteiger charge is 2.14. The zero-order valence-electron chi connectivity index (χ0n) is 10.6. The van der Waals surface area contributed by atoms with Crippen molar-refractivity contribution in [2.75, 3.05) is 40.3 Å². The molecule has 0 aromatic carbocycles. The quantitative estimate of drug-likeness (QED) is 0.458. The maximum atomic E-state index is 4.09. The van der Waals surface area contributed by atoms with E-state index in [0.717, 1.165) is 12.5 Å². The van der Waals surface area contributed by atoms with Crippen LogP contribution in [-0.2, 0) is 0 Å². The molecule has 0 aliphatic carbocycles. The van der Waals surface area contributed by atoms with Crippen LogP contribution in [0.5, 0.6) is 0 Å². The highest BCUT2D eigenvalue weighted by molar-refractivity contribution is 14.0. The van der Waals surface area contributed by atoms with E-state index in [1.165, 1.54) is 32.5 Å². The van der Waals surface area contributed by atoms with Gasteiger partial charge in [-0.1, -0.05) is 6.92 Å². The van der Waals surface area contributed by atoms with Gasteiger partial charge in [0.05, 0.1) is 0 Å². The third-order valence-electron chi connectivity index (χ3n) is 2.85. The van der Waals surface area contributed by atoms with Crippen LogP contribution in [0.4, 0.5) is 0 Å². The Morgan fingerprint density at radius 1 is 1.38 bits per heavy atom. The Labute approximate surface area is 116 Å². The summed E-state index contributed by atoms with van der Waals surface area (Å²) in [6.07, 6.45) is 2.75. The standard InChI is InChI=1S/C11H24N4.HI/c1-10(8-14-11(12-2)13-3)9-15-6-4-5-7-15;/h10H,4-9H2,1-3H3,(H2,12,13,14);1H. The van der Waals surface area contributed by atoms with Crippen LogP contribution in [0.3, 0.4) is 0 Å². The molecule has 1 saturated heterocycles. The predicted octanol–water partition coefficient (Wildman–Crippen LogP) is 1.13. The lowest BCUT2D eigenvalue weighted by Crippen LogP contribution is -2.39. The SMILES string of the molecule is CN=C(NC)NCC(C)CN1CCCC1.I. The first-order valence-corrected chi connectivity index (χ1v) is 5.87. The van der Waals surface area contributed by atoms with Crippen molar-refractivity contribution in [3.8, 4) is 0 Å². The number of hydrogen-bond acceptors (Lipinski definition) is 2. The molecule has 1 fully saturated rings. The van der Waals surface area contributed by atoms with Gasteiger partial charge in [0.2, 0.25) is 0 Å². The molecule has 1 rings (SSSR count). The Hall–Kier alpha value is -0.0400. The van der Waals surface area contributed by atoms with Crippen molar-refractivity contribution in [2.45, 2.75) is 19.8 Å². The van der Waals surface area contributed by atoms with Crippen LogP contribution in [0.1, 0.15) is 19.8 Å². The van der Waals surface area contributed by atoms with Crippen LogP contribution in [-0.4, -0.2) is 51.1 Å². The number of aliphatic imine (C=N–C) groups is 1. The van der Waals surface area contributed by atoms with E-state index in [4.69, 9.17) is 0 Å². The van der Waals surface area contributed by atoms with Gasteiger partial charge in [0.25, 0.3) is 0 Å². The summed E-state index contributed by atoms with van der Waals surface area (Å²) in [6, 6.07) is 0. The maximum Gasteiger partial charge on any atom is 0.190 e. The smallest absolute Gasteiger partial charge is 0.190 e. The second kappa shape index (κ2) is 9.04. The fourth-order valence-corrected chi connectivity index (χ4v) is 2.02. The number of halogens is 1. The van der Waals surface area contributed by atoms with E-state index in [0.29, 0.717) is 5.92 Å². The number of guanidine groups is 1. The van der Waals surface area contributed by atoms with Gasteiger partial charge in [0, 0.05) is 27.2 Å². The van der Waals surface area contributed by atoms with Crippen molar-refractivity contribution in [1.29, 1.82) is 0 Å². The first-order chi connectivity index (χ1) is 7.26. The van der Waals surface area contributed by atoms with E-state index in [1.54, 1.807) is 7.05 Å². The van der Waals surface area contributed by atoms with E-state index < -0.39 is 0 Å². The number of nitrogens with zero attached hydrogens (tertiary/aromatic N) is 2. The zero-order chi connectivity index (χ0) is 11.1. The molecule has 2 N–H and O–H groups in total. The lowest BCUT2D eigenvalue weighted by molar-refractivity contribution is 0.287. The molecule has 1 atom stereocenters. The molecule has 0 bridgehead atoms. The summed E-state index contributed by atoms with van der Waals surface area (Å²) in [7, 11) is 3.68. The monoisotopic (exact) mass is 340 g/mol. The molecule has 96 valence electrons. The Kier molecular flexibility index (Phi) is 9.02. The van der Waals surface area contributed by atoms with Gasteiger partial charge in [-0.2, -0.15) is 0 Å². The Morgan fingerprint density at radius 2 is 2.00 bits per heavy atom. The summed E-state index contributed by atoms with van der Waals surface area (Å²) < 4.78 is 0. The second-order valence-corrected chi connectivity index (χ2v) is 4.32. The van der Waals surface area contributed by atoms with Crippen LogP contribution in [0.2, 0.25) is 0 Å². The van der Waals surface area contributed by atoms with E-state index in [2.05, 4.69) is 27.4 Å². The van der Waals surface area contributed by atoms with E-state index >= 15 is 0 Å². The number of nitrogens with one attached hydrogen (secondary N) is 2. The third kappa shape index (κ3) is 5.89. The van der Waals surface area contributed by atoms with Crippen molar-refractivity contribution in [1.82, 2.24) is 15.5 Å². The Balaban J connectivity index is 0.00000225. The molecule has 1 unspecified atom stereocenters. The van der Waals surface area contributed by atoms with E-state index in [1.807, 2.05) is 7.05 Å². The van der Waals surface area contributed by atoms with E-state index in [9.17, 15) is 0 Å². The van der Waals surface area contributed by atoms with Gasteiger partial charge in [-0.3, -0.25) is 4.99 Å². The molecule has 1 aliphatic heterocycles. The molecule has 4 nitrogen and oxygen atoms in total. The molecule has 0 amide bonds. The molecular formula is C11H25IN4. The maximum absolute atomic E-state index is 4.09. The fourth-order valence-electron chi connectivity index (χ4n) is 2.02. The van der Waals surface area contributed by atoms with Crippen molar-refractivity contribution in [3.63, 3.8) is 0 Å². The van der Waals surface area contributed by atoms with Crippen molar-refractivity contribution >= 4 is 29.9 Å². The molecular weight excluding hydrogens is 315 g/mol. The molecule has 1 aliphatic rings. The minimum atomic E-state index is 0. The number of hydrogen-bond donors (Lipinski definition) is 2. The van der Waals surface area contributed by atoms with Gasteiger partial charge in [0.1, 0.15) is 0 Å². The summed E-state index contributed by atoms with van der Waals surface area (Å²) in [5, 5.41) is 6.33. The summed E-state index contributed by atoms with van der Waals surface area (Å²) in [5.41, 5.74) is 0. The lowest BCUT2D eigenvalue weighted by atomic mass is 10.1. The summed E-state index contributed by atoms with van der Waals surface area (Å²) in [4.78, 5) is 6.64. The summed E-state index contributed by atoms with van der Waals surface area (Å²) in [5.74, 6) is 1.55. The molecule has 16 heavy (non-hydrogen) atoms. The van der Waals surface area contributed by atoms with Gasteiger partial charge < -0.3 is 15.5 Å². The second-order valence-electron chi connectivity index (χ2n) is 4.32. The van der Waals surface area contributed by atoms with Gasteiger partial charge in [0.15, 0.2) is 5.96 Å². The highest BCUT2D eigenvalue weighted by Crippen LogP contribution is 2.09. The number of likely N-dealkylation sites (tertiary alicyclic amines) is 1. The predicted molar refractivity (Wildman–Crippen MR) is 80.7 cm³/mol. The first kappa shape index (κ1) is 16.0. The van der Waals surface area contributed by atoms with Crippen LogP contribution in [0.15, 0.2) is 4.99 Å². The van der Waals surface area contributed by atoms with Gasteiger partial charge >= 0.3 is 0 Å². The summed E-state index contributed by atoms with van der Waals surface area (Å²) >= 11 is 0. The van der Waals surface area contributed by atoms with Crippen LogP contribution >= 0.6 is 24.0 Å². The van der Waals surface area contributed by atoms with Crippen LogP contribution < -0.4 is 10.6 Å². The van der Waals surface area contributed by atoms with Gasteiger partial charge in [-0.25, -0.2) is 0 Å². The lowest BCUT2D eigenvalue weighted by Gasteiger charge is -2.21. The Bertz CT molecular complexity index is 202. The largest absolute Gasteiger partial charge is 0.359 e. The minimum absolute atomic E-state index is 0. The molecule has 0 aromatic rings. The van der Waals surface area contributed by atoms with Crippen LogP contribution in [0, 0.1) is 5.92 Å². The molecule has 0 spiro atoms. The Morgan fingerprint density at radius 3 is 2.50 bits per heavy atom. The molecule has 1 heterocycles. The van der Waals surface area contributed by atoms with E-state index in [-0.39, 0.29) is 24.0 Å². The van der Waals surface area contributed by atoms with Crippen molar-refractivity contribution in [2.24, 2.45) is 10.9 Å². The van der Waals surface area contributed by atoms with Crippen molar-refractivity contribution < 1.29 is 0 Å². The van der Waals surface area contributed by atoms with Gasteiger partial charge in [-0.05, 0) is 31.8 Å². The minimum Gasteiger partial charge on any atom is -0.359 e. The zero-order valence-corrected chi connectivity index (χ0v) is 13.0. The van der Waals surface area contributed by atoms with Crippen LogP contribution in [0.25, 0.3) is 0 Å². The third-order valence-corrected chi connectivity index (χ3v) is 2.85. The average Bonchev–Trinajstić information content (AvgIpc) is 2.72. The average molecular weight is 340 g/mol. The molecule has 5 heteroatoms. The topological polar surface area (TPSA) is 39.7 Å². The first-order valence-electron chi connectivity index (χ1n) is 5.87. The van der Waals surface area contributed by atoms with Gasteiger partial charge in [-0.15, -0.1) is 24.0 Å². The molecule has 0 radical (unpaired) electrons.